The number of benzene rings is 1. The summed E-state index contributed by atoms with van der Waals surface area (Å²) in [5.41, 5.74) is 1.68. The van der Waals surface area contributed by atoms with Gasteiger partial charge in [-0.15, -0.1) is 0 Å². The Hall–Kier alpha value is -2.10. The number of halogens is 1. The summed E-state index contributed by atoms with van der Waals surface area (Å²) in [4.78, 5) is 39.4. The molecule has 2 aromatic rings. The van der Waals surface area contributed by atoms with E-state index >= 15 is 0 Å². The van der Waals surface area contributed by atoms with Gasteiger partial charge in [-0.3, -0.25) is 19.3 Å². The Morgan fingerprint density at radius 2 is 2.19 bits per heavy atom. The van der Waals surface area contributed by atoms with Crippen LogP contribution in [0.1, 0.15) is 32.3 Å². The molecule has 0 spiro atoms. The minimum absolute atomic E-state index is 0.0910. The molecule has 3 amide bonds. The molecule has 7 nitrogen and oxygen atoms in total. The lowest BCUT2D eigenvalue weighted by Crippen LogP contribution is -2.34. The molecule has 2 aliphatic heterocycles. The molecule has 9 heteroatoms. The van der Waals surface area contributed by atoms with E-state index in [9.17, 15) is 14.4 Å². The van der Waals surface area contributed by atoms with Crippen molar-refractivity contribution in [1.29, 1.82) is 0 Å². The molecule has 0 aliphatic carbocycles. The molecular weight excluding hydrogens is 494 g/mol. The second-order valence-corrected chi connectivity index (χ2v) is 10.4. The molecule has 0 radical (unpaired) electrons. The van der Waals surface area contributed by atoms with Crippen LogP contribution in [0.15, 0.2) is 33.8 Å². The maximum absolute atomic E-state index is 12.8. The molecule has 1 N–H and O–H groups in total. The minimum Gasteiger partial charge on any atom is -0.376 e. The number of carbonyl (C=O) groups excluding carboxylic acids is 3. The standard InChI is InChI=1S/C23H26BrN3O4S/c1-14(2)11-27-22(29)20(32-23(27)30)8-15-12-26(19-6-5-16(24)9-18(15)19)13-21(28)25-10-17-4-3-7-31-17/h5-6,8-9,12,14,17H,3-4,7,10-11,13H2,1-2H3,(H,25,28)/b20-8-/t17-/m0/s1. The fraction of sp³-hybridized carbons (Fsp3) is 0.435. The van der Waals surface area contributed by atoms with Crippen molar-refractivity contribution in [3.63, 3.8) is 0 Å². The topological polar surface area (TPSA) is 80.6 Å². The zero-order chi connectivity index (χ0) is 22.8. The van der Waals surface area contributed by atoms with Crippen LogP contribution in [0.25, 0.3) is 17.0 Å². The summed E-state index contributed by atoms with van der Waals surface area (Å²) in [5.74, 6) is -0.156. The summed E-state index contributed by atoms with van der Waals surface area (Å²) in [7, 11) is 0. The van der Waals surface area contributed by atoms with E-state index in [2.05, 4.69) is 21.2 Å². The molecule has 1 aromatic carbocycles. The summed E-state index contributed by atoms with van der Waals surface area (Å²) in [6.45, 7) is 5.78. The molecule has 1 atom stereocenters. The van der Waals surface area contributed by atoms with Crippen LogP contribution in [0.4, 0.5) is 4.79 Å². The number of fused-ring (bicyclic) bond motifs is 1. The normalized spacial score (nSPS) is 20.3. The predicted molar refractivity (Wildman–Crippen MR) is 129 cm³/mol. The second-order valence-electron chi connectivity index (χ2n) is 8.50. The van der Waals surface area contributed by atoms with Gasteiger partial charge in [-0.05, 0) is 54.8 Å². The first-order valence-corrected chi connectivity index (χ1v) is 12.3. The highest BCUT2D eigenvalue weighted by Gasteiger charge is 2.35. The van der Waals surface area contributed by atoms with Crippen molar-refractivity contribution in [3.8, 4) is 0 Å². The minimum atomic E-state index is -0.265. The molecule has 2 saturated heterocycles. The monoisotopic (exact) mass is 519 g/mol. The van der Waals surface area contributed by atoms with Crippen LogP contribution >= 0.6 is 27.7 Å². The molecule has 3 heterocycles. The average molecular weight is 520 g/mol. The van der Waals surface area contributed by atoms with Crippen LogP contribution < -0.4 is 5.32 Å². The number of imide groups is 1. The van der Waals surface area contributed by atoms with Crippen molar-refractivity contribution >= 4 is 61.7 Å². The number of hydrogen-bond acceptors (Lipinski definition) is 5. The Bertz CT molecular complexity index is 1090. The van der Waals surface area contributed by atoms with Crippen LogP contribution in [0.2, 0.25) is 0 Å². The molecule has 2 fully saturated rings. The molecule has 0 bridgehead atoms. The number of nitrogens with zero attached hydrogens (tertiary/aromatic N) is 2. The van der Waals surface area contributed by atoms with Gasteiger partial charge in [-0.25, -0.2) is 0 Å². The number of nitrogens with one attached hydrogen (secondary N) is 1. The third-order valence-electron chi connectivity index (χ3n) is 5.45. The lowest BCUT2D eigenvalue weighted by atomic mass is 10.1. The first-order valence-electron chi connectivity index (χ1n) is 10.7. The van der Waals surface area contributed by atoms with E-state index in [0.717, 1.165) is 52.1 Å². The van der Waals surface area contributed by atoms with Crippen LogP contribution in [0.3, 0.4) is 0 Å². The molecule has 1 aromatic heterocycles. The average Bonchev–Trinajstić information content (AvgIpc) is 3.43. The zero-order valence-corrected chi connectivity index (χ0v) is 20.5. The van der Waals surface area contributed by atoms with Gasteiger partial charge in [0.25, 0.3) is 11.1 Å². The highest BCUT2D eigenvalue weighted by atomic mass is 79.9. The van der Waals surface area contributed by atoms with Crippen molar-refractivity contribution in [1.82, 2.24) is 14.8 Å². The Labute approximate surface area is 199 Å². The second kappa shape index (κ2) is 9.80. The van der Waals surface area contributed by atoms with Gasteiger partial charge < -0.3 is 14.6 Å². The molecule has 170 valence electrons. The van der Waals surface area contributed by atoms with Gasteiger partial charge in [-0.2, -0.15) is 0 Å². The highest BCUT2D eigenvalue weighted by Crippen LogP contribution is 2.35. The summed E-state index contributed by atoms with van der Waals surface area (Å²) in [6.07, 6.45) is 5.70. The number of hydrogen-bond donors (Lipinski definition) is 1. The van der Waals surface area contributed by atoms with E-state index in [1.165, 1.54) is 4.90 Å². The smallest absolute Gasteiger partial charge is 0.293 e. The van der Waals surface area contributed by atoms with E-state index < -0.39 is 0 Å². The maximum atomic E-state index is 12.8. The third-order valence-corrected chi connectivity index (χ3v) is 6.85. The number of thioether (sulfide) groups is 1. The first kappa shape index (κ1) is 23.1. The van der Waals surface area contributed by atoms with E-state index in [0.29, 0.717) is 18.0 Å². The van der Waals surface area contributed by atoms with Crippen molar-refractivity contribution < 1.29 is 19.1 Å². The number of ether oxygens (including phenoxy) is 1. The fourth-order valence-corrected chi connectivity index (χ4v) is 5.15. The zero-order valence-electron chi connectivity index (χ0n) is 18.1. The van der Waals surface area contributed by atoms with Crippen molar-refractivity contribution in [2.45, 2.75) is 39.3 Å². The lowest BCUT2D eigenvalue weighted by Gasteiger charge is -2.14. The molecule has 0 saturated carbocycles. The van der Waals surface area contributed by atoms with Crippen LogP contribution in [-0.4, -0.2) is 52.3 Å². The summed E-state index contributed by atoms with van der Waals surface area (Å²) in [6, 6.07) is 5.82. The van der Waals surface area contributed by atoms with Crippen LogP contribution in [0.5, 0.6) is 0 Å². The van der Waals surface area contributed by atoms with Crippen molar-refractivity contribution in [2.24, 2.45) is 5.92 Å². The number of aromatic nitrogens is 1. The Kier molecular flexibility index (Phi) is 7.07. The summed E-state index contributed by atoms with van der Waals surface area (Å²) >= 11 is 4.46. The van der Waals surface area contributed by atoms with E-state index in [1.54, 1.807) is 6.08 Å². The molecule has 32 heavy (non-hydrogen) atoms. The molecular formula is C23H26BrN3O4S. The van der Waals surface area contributed by atoms with Gasteiger partial charge in [0.15, 0.2) is 0 Å². The van der Waals surface area contributed by atoms with Crippen LogP contribution in [0, 0.1) is 5.92 Å². The fourth-order valence-electron chi connectivity index (χ4n) is 3.95. The number of rotatable bonds is 7. The molecule has 2 aliphatic rings. The first-order chi connectivity index (χ1) is 15.3. The van der Waals surface area contributed by atoms with Crippen molar-refractivity contribution in [3.05, 3.63) is 39.3 Å². The maximum Gasteiger partial charge on any atom is 0.293 e. The van der Waals surface area contributed by atoms with Crippen molar-refractivity contribution in [2.75, 3.05) is 19.7 Å². The number of carbonyl (C=O) groups is 3. The van der Waals surface area contributed by atoms with Gasteiger partial charge in [0.1, 0.15) is 6.54 Å². The van der Waals surface area contributed by atoms with Gasteiger partial charge >= 0.3 is 0 Å². The third kappa shape index (κ3) is 5.10. The number of amides is 3. The Balaban J connectivity index is 1.58. The Morgan fingerprint density at radius 1 is 1.38 bits per heavy atom. The molecule has 0 unspecified atom stereocenters. The summed E-state index contributed by atoms with van der Waals surface area (Å²) in [5, 5.41) is 3.61. The Morgan fingerprint density at radius 3 is 2.91 bits per heavy atom. The van der Waals surface area contributed by atoms with E-state index in [1.807, 2.05) is 42.8 Å². The lowest BCUT2D eigenvalue weighted by molar-refractivity contribution is -0.123. The van der Waals surface area contributed by atoms with Gasteiger partial charge in [0.05, 0.1) is 11.0 Å². The molecule has 4 rings (SSSR count). The van der Waals surface area contributed by atoms with E-state index in [4.69, 9.17) is 4.74 Å². The van der Waals surface area contributed by atoms with Gasteiger partial charge in [0, 0.05) is 46.8 Å². The SMILES string of the molecule is CC(C)CN1C(=O)S/C(=C\c2cn(CC(=O)NC[C@@H]3CCCO3)c3ccc(Br)cc23)C1=O. The highest BCUT2D eigenvalue weighted by molar-refractivity contribution is 9.10. The quantitative estimate of drug-likeness (QED) is 0.548. The predicted octanol–water partition coefficient (Wildman–Crippen LogP) is 4.39. The largest absolute Gasteiger partial charge is 0.376 e. The van der Waals surface area contributed by atoms with Gasteiger partial charge in [0.2, 0.25) is 5.91 Å². The van der Waals surface area contributed by atoms with Crippen LogP contribution in [-0.2, 0) is 20.9 Å². The van der Waals surface area contributed by atoms with Gasteiger partial charge in [-0.1, -0.05) is 29.8 Å². The summed E-state index contributed by atoms with van der Waals surface area (Å²) < 4.78 is 8.33. The van der Waals surface area contributed by atoms with E-state index in [-0.39, 0.29) is 35.6 Å².